The molecule has 0 radical (unpaired) electrons. The summed E-state index contributed by atoms with van der Waals surface area (Å²) in [5.41, 5.74) is 0.393. The van der Waals surface area contributed by atoms with E-state index in [2.05, 4.69) is 10.2 Å². The lowest BCUT2D eigenvalue weighted by Gasteiger charge is -2.26. The van der Waals surface area contributed by atoms with Gasteiger partial charge in [-0.3, -0.25) is 4.90 Å². The van der Waals surface area contributed by atoms with Gasteiger partial charge in [-0.2, -0.15) is 0 Å². The van der Waals surface area contributed by atoms with E-state index in [9.17, 15) is 4.79 Å². The van der Waals surface area contributed by atoms with Crippen LogP contribution in [0.15, 0.2) is 11.8 Å². The van der Waals surface area contributed by atoms with E-state index in [4.69, 9.17) is 9.47 Å². The number of ether oxygens (including phenoxy) is 2. The minimum Gasteiger partial charge on any atom is -0.457 e. The third-order valence-electron chi connectivity index (χ3n) is 2.68. The maximum Gasteiger partial charge on any atom is 0.333 e. The fraction of sp³-hybridized carbons (Fsp3) is 0.786. The molecule has 0 aromatic heterocycles. The van der Waals surface area contributed by atoms with Crippen molar-refractivity contribution in [2.45, 2.75) is 33.3 Å². The molecule has 110 valence electrons. The summed E-state index contributed by atoms with van der Waals surface area (Å²) < 4.78 is 10.5. The molecular formula is C14H26N2O3. The Bertz CT molecular complexity index is 315. The lowest BCUT2D eigenvalue weighted by atomic mass is 10.2. The van der Waals surface area contributed by atoms with Crippen LogP contribution in [0.1, 0.15) is 27.7 Å². The van der Waals surface area contributed by atoms with E-state index in [0.29, 0.717) is 0 Å². The Morgan fingerprint density at radius 2 is 2.00 bits per heavy atom. The Balaban J connectivity index is 2.22. The molecule has 1 N–H and O–H groups in total. The third kappa shape index (κ3) is 7.85. The molecule has 0 unspecified atom stereocenters. The fourth-order valence-corrected chi connectivity index (χ4v) is 1.80. The number of morpholine rings is 1. The minimum atomic E-state index is -0.443. The molecule has 1 saturated heterocycles. The third-order valence-corrected chi connectivity index (χ3v) is 2.68. The van der Waals surface area contributed by atoms with Gasteiger partial charge in [-0.1, -0.05) is 0 Å². The Hall–Kier alpha value is -1.07. The van der Waals surface area contributed by atoms with Crippen LogP contribution < -0.4 is 5.32 Å². The van der Waals surface area contributed by atoms with Crippen LogP contribution in [0.2, 0.25) is 0 Å². The van der Waals surface area contributed by atoms with Crippen LogP contribution in [0.4, 0.5) is 0 Å². The average Bonchev–Trinajstić information content (AvgIpc) is 2.27. The summed E-state index contributed by atoms with van der Waals surface area (Å²) >= 11 is 0. The first kappa shape index (κ1) is 16.0. The van der Waals surface area contributed by atoms with Gasteiger partial charge in [0.25, 0.3) is 0 Å². The Labute approximate surface area is 115 Å². The zero-order chi connectivity index (χ0) is 14.3. The van der Waals surface area contributed by atoms with Crippen LogP contribution in [0.25, 0.3) is 0 Å². The van der Waals surface area contributed by atoms with E-state index < -0.39 is 5.60 Å². The molecule has 0 aromatic rings. The first-order valence-electron chi connectivity index (χ1n) is 6.82. The first-order chi connectivity index (χ1) is 8.87. The monoisotopic (exact) mass is 270 g/mol. The number of carbonyl (C=O) groups excluding carboxylic acids is 1. The van der Waals surface area contributed by atoms with Gasteiger partial charge in [0.15, 0.2) is 0 Å². The molecule has 0 amide bonds. The van der Waals surface area contributed by atoms with E-state index in [-0.39, 0.29) is 5.97 Å². The maximum atomic E-state index is 11.6. The molecule has 1 fully saturated rings. The highest BCUT2D eigenvalue weighted by Gasteiger charge is 2.14. The second kappa shape index (κ2) is 7.50. The summed E-state index contributed by atoms with van der Waals surface area (Å²) in [6, 6.07) is 0. The van der Waals surface area contributed by atoms with Crippen molar-refractivity contribution >= 4 is 5.97 Å². The van der Waals surface area contributed by atoms with Crippen molar-refractivity contribution in [3.05, 3.63) is 11.8 Å². The summed E-state index contributed by atoms with van der Waals surface area (Å²) in [6.07, 6.45) is 1.50. The van der Waals surface area contributed by atoms with E-state index >= 15 is 0 Å². The second-order valence-corrected chi connectivity index (χ2v) is 5.74. The van der Waals surface area contributed by atoms with E-state index in [1.54, 1.807) is 0 Å². The highest BCUT2D eigenvalue weighted by atomic mass is 16.6. The van der Waals surface area contributed by atoms with Gasteiger partial charge in [-0.05, 0) is 27.7 Å². The molecule has 0 aliphatic carbocycles. The highest BCUT2D eigenvalue weighted by Crippen LogP contribution is 2.07. The molecular weight excluding hydrogens is 244 g/mol. The van der Waals surface area contributed by atoms with Crippen LogP contribution in [-0.4, -0.2) is 55.9 Å². The van der Waals surface area contributed by atoms with Crippen molar-refractivity contribution in [3.8, 4) is 0 Å². The lowest BCUT2D eigenvalue weighted by Crippen LogP contribution is -2.40. The molecule has 0 saturated carbocycles. The van der Waals surface area contributed by atoms with Gasteiger partial charge in [0.05, 0.1) is 13.2 Å². The molecule has 1 aliphatic rings. The lowest BCUT2D eigenvalue weighted by molar-refractivity contribution is -0.148. The standard InChI is InChI=1S/C14H26N2O3/c1-12(11-13(17)19-14(2,3)4)15-5-6-16-7-9-18-10-8-16/h11,15H,5-10H2,1-4H3/b12-11-. The van der Waals surface area contributed by atoms with Gasteiger partial charge in [-0.25, -0.2) is 4.79 Å². The Morgan fingerprint density at radius 3 is 2.58 bits per heavy atom. The van der Waals surface area contributed by atoms with Crippen molar-refractivity contribution in [2.75, 3.05) is 39.4 Å². The Kier molecular flexibility index (Phi) is 6.31. The number of allylic oxidation sites excluding steroid dienone is 1. The summed E-state index contributed by atoms with van der Waals surface area (Å²) in [5.74, 6) is -0.302. The second-order valence-electron chi connectivity index (χ2n) is 5.74. The fourth-order valence-electron chi connectivity index (χ4n) is 1.80. The molecule has 5 nitrogen and oxygen atoms in total. The quantitative estimate of drug-likeness (QED) is 0.600. The van der Waals surface area contributed by atoms with Crippen molar-refractivity contribution < 1.29 is 14.3 Å². The van der Waals surface area contributed by atoms with Gasteiger partial charge >= 0.3 is 5.97 Å². The number of nitrogens with zero attached hydrogens (tertiary/aromatic N) is 1. The molecule has 0 bridgehead atoms. The average molecular weight is 270 g/mol. The molecule has 1 aliphatic heterocycles. The van der Waals surface area contributed by atoms with E-state index in [0.717, 1.165) is 45.1 Å². The largest absolute Gasteiger partial charge is 0.457 e. The number of hydrogen-bond donors (Lipinski definition) is 1. The smallest absolute Gasteiger partial charge is 0.333 e. The van der Waals surface area contributed by atoms with Gasteiger partial charge < -0.3 is 14.8 Å². The molecule has 5 heteroatoms. The highest BCUT2D eigenvalue weighted by molar-refractivity contribution is 5.82. The number of esters is 1. The van der Waals surface area contributed by atoms with Crippen LogP contribution in [0.5, 0.6) is 0 Å². The SMILES string of the molecule is C/C(=C/C(=O)OC(C)(C)C)NCCN1CCOCC1. The zero-order valence-electron chi connectivity index (χ0n) is 12.5. The normalized spacial score (nSPS) is 18.2. The van der Waals surface area contributed by atoms with Crippen LogP contribution in [-0.2, 0) is 14.3 Å². The summed E-state index contributed by atoms with van der Waals surface area (Å²) in [7, 11) is 0. The molecule has 0 aromatic carbocycles. The summed E-state index contributed by atoms with van der Waals surface area (Å²) in [6.45, 7) is 12.8. The summed E-state index contributed by atoms with van der Waals surface area (Å²) in [4.78, 5) is 13.9. The predicted octanol–water partition coefficient (Wildman–Crippen LogP) is 1.15. The van der Waals surface area contributed by atoms with Gasteiger partial charge in [0.1, 0.15) is 5.60 Å². The van der Waals surface area contributed by atoms with Crippen LogP contribution >= 0.6 is 0 Å². The van der Waals surface area contributed by atoms with E-state index in [1.807, 2.05) is 27.7 Å². The van der Waals surface area contributed by atoms with E-state index in [1.165, 1.54) is 6.08 Å². The van der Waals surface area contributed by atoms with Crippen molar-refractivity contribution in [2.24, 2.45) is 0 Å². The van der Waals surface area contributed by atoms with Crippen LogP contribution in [0, 0.1) is 0 Å². The van der Waals surface area contributed by atoms with Crippen molar-refractivity contribution in [3.63, 3.8) is 0 Å². The van der Waals surface area contributed by atoms with Crippen molar-refractivity contribution in [1.82, 2.24) is 10.2 Å². The first-order valence-corrected chi connectivity index (χ1v) is 6.82. The molecule has 0 spiro atoms. The molecule has 19 heavy (non-hydrogen) atoms. The molecule has 0 atom stereocenters. The number of hydrogen-bond acceptors (Lipinski definition) is 5. The van der Waals surface area contributed by atoms with Gasteiger partial charge in [-0.15, -0.1) is 0 Å². The molecule has 1 heterocycles. The number of rotatable bonds is 5. The van der Waals surface area contributed by atoms with Crippen molar-refractivity contribution in [1.29, 1.82) is 0 Å². The maximum absolute atomic E-state index is 11.6. The number of carbonyl (C=O) groups is 1. The Morgan fingerprint density at radius 1 is 1.37 bits per heavy atom. The molecule has 1 rings (SSSR count). The van der Waals surface area contributed by atoms with Gasteiger partial charge in [0.2, 0.25) is 0 Å². The predicted molar refractivity (Wildman–Crippen MR) is 74.9 cm³/mol. The number of nitrogens with one attached hydrogen (secondary N) is 1. The zero-order valence-corrected chi connectivity index (χ0v) is 12.5. The topological polar surface area (TPSA) is 50.8 Å². The minimum absolute atomic E-state index is 0.302. The van der Waals surface area contributed by atoms with Gasteiger partial charge in [0, 0.05) is 38.0 Å². The van der Waals surface area contributed by atoms with Crippen LogP contribution in [0.3, 0.4) is 0 Å². The summed E-state index contributed by atoms with van der Waals surface area (Å²) in [5, 5.41) is 3.22.